The zero-order chi connectivity index (χ0) is 37.5. The topological polar surface area (TPSA) is 113 Å². The highest BCUT2D eigenvalue weighted by Gasteiger charge is 2.37. The van der Waals surface area contributed by atoms with E-state index in [-0.39, 0.29) is 45.8 Å². The van der Waals surface area contributed by atoms with Gasteiger partial charge in [0.15, 0.2) is 11.6 Å². The number of nitrogens with zero attached hydrogens (tertiary/aromatic N) is 6. The smallest absolute Gasteiger partial charge is 0.399 e. The lowest BCUT2D eigenvalue weighted by molar-refractivity contribution is -0.138. The molecule has 9 rings (SSSR count). The molecule has 4 heterocycles. The number of nitrogen functional groups attached to an aromatic ring is 2. The first-order valence-electron chi connectivity index (χ1n) is 16.5. The van der Waals surface area contributed by atoms with Crippen molar-refractivity contribution in [1.82, 2.24) is 29.1 Å². The zero-order valence-corrected chi connectivity index (χ0v) is 27.7. The van der Waals surface area contributed by atoms with Crippen molar-refractivity contribution in [2.75, 3.05) is 11.5 Å². The van der Waals surface area contributed by atoms with Gasteiger partial charge < -0.3 is 11.5 Å². The third-order valence-corrected chi connectivity index (χ3v) is 9.23. The summed E-state index contributed by atoms with van der Waals surface area (Å²) in [5.74, 6) is 0.290. The van der Waals surface area contributed by atoms with E-state index in [0.717, 1.165) is 12.1 Å². The van der Waals surface area contributed by atoms with Crippen molar-refractivity contribution in [2.24, 2.45) is 0 Å². The highest BCUT2D eigenvalue weighted by Crippen LogP contribution is 2.41. The van der Waals surface area contributed by atoms with Crippen molar-refractivity contribution in [1.29, 1.82) is 0 Å². The van der Waals surface area contributed by atoms with Crippen LogP contribution in [-0.2, 0) is 12.4 Å². The standard InChI is InChI=1S/C40H24F6N8/c41-39(42,43)25-19-23(47)13-17-31(25)53-33-7-3-1-5-27(33)51-37(53)29-15-11-21-9-10-22-12-16-30(50-36(22)35(21)49-29)38-52-28-6-2-4-8-34(28)54(38)32-18-14-24(48)20-26(32)40(44,45)46/h1-20H,47-48H2. The van der Waals surface area contributed by atoms with Crippen LogP contribution in [0, 0.1) is 0 Å². The molecule has 0 fully saturated rings. The number of hydrogen-bond acceptors (Lipinski definition) is 6. The van der Waals surface area contributed by atoms with Crippen LogP contribution in [0.1, 0.15) is 11.1 Å². The van der Waals surface area contributed by atoms with Gasteiger partial charge in [-0.2, -0.15) is 26.3 Å². The Balaban J connectivity index is 1.28. The van der Waals surface area contributed by atoms with Crippen molar-refractivity contribution in [3.05, 3.63) is 132 Å². The second-order valence-electron chi connectivity index (χ2n) is 12.7. The van der Waals surface area contributed by atoms with Crippen molar-refractivity contribution in [2.45, 2.75) is 12.4 Å². The predicted octanol–water partition coefficient (Wildman–Crippen LogP) is 10.00. The Labute approximate surface area is 301 Å². The molecule has 0 radical (unpaired) electrons. The maximum atomic E-state index is 14.4. The van der Waals surface area contributed by atoms with Crippen molar-refractivity contribution in [3.8, 4) is 34.4 Å². The summed E-state index contributed by atoms with van der Waals surface area (Å²) in [6, 6.07) is 31.3. The number of benzene rings is 5. The second kappa shape index (κ2) is 11.8. The molecule has 0 aliphatic heterocycles. The van der Waals surface area contributed by atoms with Gasteiger partial charge in [-0.3, -0.25) is 9.13 Å². The van der Waals surface area contributed by atoms with Gasteiger partial charge in [0.2, 0.25) is 0 Å². The fourth-order valence-electron chi connectivity index (χ4n) is 6.85. The summed E-state index contributed by atoms with van der Waals surface area (Å²) in [5, 5.41) is 1.32. The lowest BCUT2D eigenvalue weighted by Crippen LogP contribution is -2.12. The Morgan fingerprint density at radius 2 is 0.833 bits per heavy atom. The molecular formula is C40H24F6N8. The Hall–Kier alpha value is -6.96. The number of imidazole rings is 2. The summed E-state index contributed by atoms with van der Waals surface area (Å²) in [4.78, 5) is 19.3. The van der Waals surface area contributed by atoms with Crippen LogP contribution in [0.5, 0.6) is 0 Å². The number of nitrogens with two attached hydrogens (primary N) is 2. The van der Waals surface area contributed by atoms with Gasteiger partial charge in [-0.25, -0.2) is 19.9 Å². The highest BCUT2D eigenvalue weighted by molar-refractivity contribution is 6.04. The Morgan fingerprint density at radius 3 is 1.24 bits per heavy atom. The predicted molar refractivity (Wildman–Crippen MR) is 196 cm³/mol. The van der Waals surface area contributed by atoms with Crippen molar-refractivity contribution >= 4 is 55.2 Å². The van der Waals surface area contributed by atoms with E-state index in [1.807, 2.05) is 12.1 Å². The van der Waals surface area contributed by atoms with E-state index in [4.69, 9.17) is 31.4 Å². The van der Waals surface area contributed by atoms with E-state index in [1.165, 1.54) is 33.4 Å². The molecule has 9 aromatic rings. The molecule has 4 N–H and O–H groups in total. The number of anilines is 2. The monoisotopic (exact) mass is 730 g/mol. The minimum absolute atomic E-state index is 0.0474. The Morgan fingerprint density at radius 1 is 0.444 bits per heavy atom. The van der Waals surface area contributed by atoms with Crippen molar-refractivity contribution in [3.63, 3.8) is 0 Å². The van der Waals surface area contributed by atoms with E-state index in [9.17, 15) is 26.3 Å². The van der Waals surface area contributed by atoms with Gasteiger partial charge >= 0.3 is 12.4 Å². The molecule has 4 aromatic heterocycles. The van der Waals surface area contributed by atoms with Crippen LogP contribution in [0.15, 0.2) is 121 Å². The summed E-state index contributed by atoms with van der Waals surface area (Å²) in [6.07, 6.45) is -9.46. The van der Waals surface area contributed by atoms with Gasteiger partial charge in [-0.1, -0.05) is 48.5 Å². The number of halogens is 6. The molecule has 0 atom stereocenters. The number of aromatic nitrogens is 6. The van der Waals surface area contributed by atoms with Gasteiger partial charge in [-0.05, 0) is 72.8 Å². The van der Waals surface area contributed by atoms with Crippen LogP contribution in [0.3, 0.4) is 0 Å². The van der Waals surface area contributed by atoms with E-state index in [2.05, 4.69) is 0 Å². The molecule has 14 heteroatoms. The number of alkyl halides is 6. The first-order valence-corrected chi connectivity index (χ1v) is 16.5. The molecule has 0 saturated carbocycles. The Kier molecular flexibility index (Phi) is 7.18. The maximum absolute atomic E-state index is 14.4. The molecule has 0 aliphatic carbocycles. The lowest BCUT2D eigenvalue weighted by Gasteiger charge is -2.17. The normalized spacial score (nSPS) is 12.4. The average Bonchev–Trinajstić information content (AvgIpc) is 3.73. The molecule has 0 saturated heterocycles. The van der Waals surface area contributed by atoms with Gasteiger partial charge in [-0.15, -0.1) is 0 Å². The Bertz CT molecular complexity index is 2760. The molecule has 5 aromatic carbocycles. The number of para-hydroxylation sites is 4. The number of fused-ring (bicyclic) bond motifs is 5. The summed E-state index contributed by atoms with van der Waals surface area (Å²) >= 11 is 0. The largest absolute Gasteiger partial charge is 0.418 e. The molecule has 0 amide bonds. The third kappa shape index (κ3) is 5.33. The first kappa shape index (κ1) is 32.9. The van der Waals surface area contributed by atoms with E-state index < -0.39 is 23.5 Å². The van der Waals surface area contributed by atoms with Crippen molar-refractivity contribution < 1.29 is 26.3 Å². The van der Waals surface area contributed by atoms with Gasteiger partial charge in [0, 0.05) is 22.1 Å². The van der Waals surface area contributed by atoms with Gasteiger partial charge in [0.05, 0.1) is 55.6 Å². The zero-order valence-electron chi connectivity index (χ0n) is 27.7. The minimum Gasteiger partial charge on any atom is -0.399 e. The fourth-order valence-corrected chi connectivity index (χ4v) is 6.85. The molecule has 0 bridgehead atoms. The van der Waals surface area contributed by atoms with Crippen LogP contribution in [0.25, 0.3) is 78.3 Å². The fraction of sp³-hybridized carbons (Fsp3) is 0.0500. The second-order valence-corrected chi connectivity index (χ2v) is 12.7. The minimum atomic E-state index is -4.73. The SMILES string of the molecule is Nc1ccc(-n2c(-c3ccc4ccc5ccc(-c6nc7ccccc7n6-c6ccc(N)cc6C(F)(F)F)nc5c4n3)nc3ccccc32)c(C(F)(F)F)c1. The number of rotatable bonds is 4. The van der Waals surface area contributed by atoms with E-state index >= 15 is 0 Å². The average molecular weight is 731 g/mol. The molecule has 0 aliphatic rings. The number of pyridine rings is 2. The summed E-state index contributed by atoms with van der Waals surface area (Å²) in [7, 11) is 0. The molecular weight excluding hydrogens is 706 g/mol. The summed E-state index contributed by atoms with van der Waals surface area (Å²) in [5.41, 5.74) is 12.3. The summed E-state index contributed by atoms with van der Waals surface area (Å²) in [6.45, 7) is 0. The van der Waals surface area contributed by atoms with Crippen LogP contribution in [-0.4, -0.2) is 29.1 Å². The van der Waals surface area contributed by atoms with Crippen LogP contribution in [0.2, 0.25) is 0 Å². The van der Waals surface area contributed by atoms with Gasteiger partial charge in [0.25, 0.3) is 0 Å². The lowest BCUT2D eigenvalue weighted by atomic mass is 10.1. The van der Waals surface area contributed by atoms with Crippen LogP contribution >= 0.6 is 0 Å². The van der Waals surface area contributed by atoms with Gasteiger partial charge in [0.1, 0.15) is 11.4 Å². The van der Waals surface area contributed by atoms with E-state index in [0.29, 0.717) is 43.9 Å². The van der Waals surface area contributed by atoms with Crippen LogP contribution < -0.4 is 11.5 Å². The van der Waals surface area contributed by atoms with E-state index in [1.54, 1.807) is 72.8 Å². The molecule has 266 valence electrons. The molecule has 54 heavy (non-hydrogen) atoms. The van der Waals surface area contributed by atoms with Crippen LogP contribution in [0.4, 0.5) is 37.7 Å². The highest BCUT2D eigenvalue weighted by atomic mass is 19.4. The summed E-state index contributed by atoms with van der Waals surface area (Å²) < 4.78 is 89.4. The molecule has 8 nitrogen and oxygen atoms in total. The quantitative estimate of drug-likeness (QED) is 0.106. The number of hydrogen-bond donors (Lipinski definition) is 2. The third-order valence-electron chi connectivity index (χ3n) is 9.23. The first-order chi connectivity index (χ1) is 25.8. The molecule has 0 spiro atoms. The maximum Gasteiger partial charge on any atom is 0.418 e. The molecule has 0 unspecified atom stereocenters.